The summed E-state index contributed by atoms with van der Waals surface area (Å²) in [7, 11) is 0. The zero-order valence-electron chi connectivity index (χ0n) is 11.5. The molecule has 0 radical (unpaired) electrons. The normalized spacial score (nSPS) is 12.2. The van der Waals surface area contributed by atoms with Crippen LogP contribution in [0.5, 0.6) is 0 Å². The minimum atomic E-state index is -0.392. The van der Waals surface area contributed by atoms with Gasteiger partial charge in [-0.3, -0.25) is 10.1 Å². The first-order chi connectivity index (χ1) is 9.08. The van der Waals surface area contributed by atoms with Gasteiger partial charge in [0.15, 0.2) is 0 Å². The lowest BCUT2D eigenvalue weighted by Gasteiger charge is -2.19. The maximum Gasteiger partial charge on any atom is 0.293 e. The summed E-state index contributed by atoms with van der Waals surface area (Å²) in [6.07, 6.45) is 5.36. The Morgan fingerprint density at radius 2 is 2.05 bits per heavy atom. The quantitative estimate of drug-likeness (QED) is 0.539. The average Bonchev–Trinajstić information content (AvgIpc) is 2.38. The highest BCUT2D eigenvalue weighted by Gasteiger charge is 2.17. The third-order valence-electron chi connectivity index (χ3n) is 3.06. The van der Waals surface area contributed by atoms with E-state index in [1.54, 1.807) is 12.1 Å². The number of nitro groups is 1. The van der Waals surface area contributed by atoms with E-state index >= 15 is 0 Å². The first kappa shape index (κ1) is 15.8. The molecule has 1 N–H and O–H groups in total. The monoisotopic (exact) mass is 284 g/mol. The molecule has 1 atom stereocenters. The number of rotatable bonds is 8. The van der Waals surface area contributed by atoms with Gasteiger partial charge < -0.3 is 5.32 Å². The molecule has 5 heteroatoms. The van der Waals surface area contributed by atoms with Gasteiger partial charge in [-0.15, -0.1) is 0 Å². The van der Waals surface area contributed by atoms with Crippen LogP contribution in [0, 0.1) is 10.1 Å². The van der Waals surface area contributed by atoms with E-state index in [-0.39, 0.29) is 11.7 Å². The second kappa shape index (κ2) is 8.00. The maximum atomic E-state index is 11.0. The third kappa shape index (κ3) is 5.07. The topological polar surface area (TPSA) is 55.2 Å². The fourth-order valence-electron chi connectivity index (χ4n) is 2.09. The van der Waals surface area contributed by atoms with E-state index in [0.29, 0.717) is 10.7 Å². The van der Waals surface area contributed by atoms with Crippen LogP contribution in [0.25, 0.3) is 0 Å². The fraction of sp³-hybridized carbons (Fsp3) is 0.571. The standard InChI is InChI=1S/C14H21ClN2O2/c1-3-5-7-12(6-4-2)16-13-9-8-11(15)10-14(13)17(18)19/h8-10,12,16H,3-7H2,1-2H3. The number of unbranched alkanes of at least 4 members (excludes halogenated alkanes) is 1. The van der Waals surface area contributed by atoms with Crippen molar-refractivity contribution in [3.05, 3.63) is 33.3 Å². The van der Waals surface area contributed by atoms with Crippen LogP contribution in [0.1, 0.15) is 46.0 Å². The predicted octanol–water partition coefficient (Wildman–Crippen LogP) is 5.02. The molecule has 0 aliphatic heterocycles. The molecule has 1 aromatic carbocycles. The molecule has 0 saturated carbocycles. The number of nitrogens with zero attached hydrogens (tertiary/aromatic N) is 1. The molecule has 0 aliphatic rings. The number of nitrogens with one attached hydrogen (secondary N) is 1. The SMILES string of the molecule is CCCCC(CCC)Nc1ccc(Cl)cc1[N+](=O)[O-]. The molecule has 1 unspecified atom stereocenters. The Bertz CT molecular complexity index is 424. The first-order valence-electron chi connectivity index (χ1n) is 6.79. The molecule has 1 rings (SSSR count). The fourth-order valence-corrected chi connectivity index (χ4v) is 2.25. The van der Waals surface area contributed by atoms with Gasteiger partial charge in [0.25, 0.3) is 5.69 Å². The highest BCUT2D eigenvalue weighted by molar-refractivity contribution is 6.30. The zero-order valence-corrected chi connectivity index (χ0v) is 12.2. The molecule has 0 spiro atoms. The van der Waals surface area contributed by atoms with Gasteiger partial charge >= 0.3 is 0 Å². The molecule has 4 nitrogen and oxygen atoms in total. The Labute approximate surface area is 119 Å². The Morgan fingerprint density at radius 1 is 1.32 bits per heavy atom. The van der Waals surface area contributed by atoms with Gasteiger partial charge in [0.05, 0.1) is 4.92 Å². The van der Waals surface area contributed by atoms with Crippen molar-refractivity contribution in [3.63, 3.8) is 0 Å². The molecule has 0 aliphatic carbocycles. The molecule has 106 valence electrons. The molecular formula is C14H21ClN2O2. The Kier molecular flexibility index (Phi) is 6.64. The van der Waals surface area contributed by atoms with Crippen LogP contribution in [-0.2, 0) is 0 Å². The summed E-state index contributed by atoms with van der Waals surface area (Å²) in [6, 6.07) is 5.05. The van der Waals surface area contributed by atoms with E-state index in [1.807, 2.05) is 0 Å². The Balaban J connectivity index is 2.85. The van der Waals surface area contributed by atoms with E-state index in [0.717, 1.165) is 32.1 Å². The first-order valence-corrected chi connectivity index (χ1v) is 7.16. The van der Waals surface area contributed by atoms with Crippen LogP contribution >= 0.6 is 11.6 Å². The summed E-state index contributed by atoms with van der Waals surface area (Å²) < 4.78 is 0. The molecule has 0 amide bonds. The van der Waals surface area contributed by atoms with Gasteiger partial charge in [-0.25, -0.2) is 0 Å². The van der Waals surface area contributed by atoms with Crippen LogP contribution in [0.15, 0.2) is 18.2 Å². The summed E-state index contributed by atoms with van der Waals surface area (Å²) >= 11 is 5.81. The molecule has 0 bridgehead atoms. The zero-order chi connectivity index (χ0) is 14.3. The molecule has 0 heterocycles. The van der Waals surface area contributed by atoms with Crippen molar-refractivity contribution < 1.29 is 4.92 Å². The van der Waals surface area contributed by atoms with Crippen LogP contribution in [0.3, 0.4) is 0 Å². The number of hydrogen-bond donors (Lipinski definition) is 1. The van der Waals surface area contributed by atoms with Gasteiger partial charge in [-0.05, 0) is 25.0 Å². The second-order valence-corrected chi connectivity index (χ2v) is 5.13. The van der Waals surface area contributed by atoms with E-state index < -0.39 is 4.92 Å². The molecule has 19 heavy (non-hydrogen) atoms. The Morgan fingerprint density at radius 3 is 2.63 bits per heavy atom. The third-order valence-corrected chi connectivity index (χ3v) is 3.29. The molecule has 0 saturated heterocycles. The molecule has 1 aromatic rings. The summed E-state index contributed by atoms with van der Waals surface area (Å²) in [4.78, 5) is 10.6. The lowest BCUT2D eigenvalue weighted by molar-refractivity contribution is -0.384. The summed E-state index contributed by atoms with van der Waals surface area (Å²) in [5.41, 5.74) is 0.606. The van der Waals surface area contributed by atoms with E-state index in [4.69, 9.17) is 11.6 Å². The highest BCUT2D eigenvalue weighted by Crippen LogP contribution is 2.29. The minimum absolute atomic E-state index is 0.0464. The predicted molar refractivity (Wildman–Crippen MR) is 80.0 cm³/mol. The van der Waals surface area contributed by atoms with Crippen molar-refractivity contribution in [3.8, 4) is 0 Å². The number of benzene rings is 1. The van der Waals surface area contributed by atoms with Crippen molar-refractivity contribution in [2.24, 2.45) is 0 Å². The van der Waals surface area contributed by atoms with Crippen molar-refractivity contribution >= 4 is 23.0 Å². The van der Waals surface area contributed by atoms with Crippen LogP contribution in [-0.4, -0.2) is 11.0 Å². The molecule has 0 aromatic heterocycles. The summed E-state index contributed by atoms with van der Waals surface area (Å²) in [5.74, 6) is 0. The average molecular weight is 285 g/mol. The second-order valence-electron chi connectivity index (χ2n) is 4.69. The van der Waals surface area contributed by atoms with Crippen molar-refractivity contribution in [1.29, 1.82) is 0 Å². The van der Waals surface area contributed by atoms with Gasteiger partial charge in [0.1, 0.15) is 5.69 Å². The lowest BCUT2D eigenvalue weighted by Crippen LogP contribution is -2.19. The van der Waals surface area contributed by atoms with Gasteiger partial charge in [-0.1, -0.05) is 44.7 Å². The van der Waals surface area contributed by atoms with Gasteiger partial charge in [0.2, 0.25) is 0 Å². The minimum Gasteiger partial charge on any atom is -0.377 e. The number of halogens is 1. The largest absolute Gasteiger partial charge is 0.377 e. The van der Waals surface area contributed by atoms with Gasteiger partial charge in [0, 0.05) is 17.1 Å². The smallest absolute Gasteiger partial charge is 0.293 e. The highest BCUT2D eigenvalue weighted by atomic mass is 35.5. The van der Waals surface area contributed by atoms with E-state index in [2.05, 4.69) is 19.2 Å². The van der Waals surface area contributed by atoms with Crippen molar-refractivity contribution in [2.45, 2.75) is 52.0 Å². The summed E-state index contributed by atoms with van der Waals surface area (Å²) in [6.45, 7) is 4.27. The van der Waals surface area contributed by atoms with Crippen LogP contribution in [0.2, 0.25) is 5.02 Å². The van der Waals surface area contributed by atoms with Crippen molar-refractivity contribution in [2.75, 3.05) is 5.32 Å². The van der Waals surface area contributed by atoms with Crippen molar-refractivity contribution in [1.82, 2.24) is 0 Å². The van der Waals surface area contributed by atoms with Gasteiger partial charge in [-0.2, -0.15) is 0 Å². The van der Waals surface area contributed by atoms with E-state index in [9.17, 15) is 10.1 Å². The number of anilines is 1. The number of nitro benzene ring substituents is 1. The number of hydrogen-bond acceptors (Lipinski definition) is 3. The maximum absolute atomic E-state index is 11.0. The lowest BCUT2D eigenvalue weighted by atomic mass is 10.0. The molecule has 0 fully saturated rings. The Hall–Kier alpha value is -1.29. The van der Waals surface area contributed by atoms with Crippen LogP contribution in [0.4, 0.5) is 11.4 Å². The van der Waals surface area contributed by atoms with E-state index in [1.165, 1.54) is 6.07 Å². The molecular weight excluding hydrogens is 264 g/mol. The summed E-state index contributed by atoms with van der Waals surface area (Å²) in [5, 5.41) is 14.7. The van der Waals surface area contributed by atoms with Crippen LogP contribution < -0.4 is 5.32 Å².